The van der Waals surface area contributed by atoms with E-state index in [9.17, 15) is 9.59 Å². The minimum atomic E-state index is -0.440. The van der Waals surface area contributed by atoms with Crippen molar-refractivity contribution in [1.29, 1.82) is 0 Å². The van der Waals surface area contributed by atoms with Crippen LogP contribution in [0, 0.1) is 6.92 Å². The number of carbonyl (C=O) groups excluding carboxylic acids is 1. The lowest BCUT2D eigenvalue weighted by Crippen LogP contribution is -2.39. The third-order valence-electron chi connectivity index (χ3n) is 5.49. The number of H-pyrrole nitrogens is 1. The van der Waals surface area contributed by atoms with Gasteiger partial charge < -0.3 is 19.4 Å². The van der Waals surface area contributed by atoms with Gasteiger partial charge in [-0.25, -0.2) is 0 Å². The first-order chi connectivity index (χ1) is 14.5. The molecule has 2 aromatic carbocycles. The molecule has 6 heteroatoms. The number of ether oxygens (including phenoxy) is 2. The average molecular weight is 406 g/mol. The zero-order valence-corrected chi connectivity index (χ0v) is 17.3. The number of rotatable bonds is 6. The van der Waals surface area contributed by atoms with E-state index in [0.29, 0.717) is 25.1 Å². The number of fused-ring (bicyclic) bond motifs is 1. The number of nitrogens with one attached hydrogen (secondary N) is 1. The quantitative estimate of drug-likeness (QED) is 0.680. The maximum Gasteiger partial charge on any atom is 0.253 e. The van der Waals surface area contributed by atoms with Crippen LogP contribution in [0.3, 0.4) is 0 Å². The van der Waals surface area contributed by atoms with Crippen LogP contribution in [0.4, 0.5) is 0 Å². The summed E-state index contributed by atoms with van der Waals surface area (Å²) in [7, 11) is 1.62. The summed E-state index contributed by atoms with van der Waals surface area (Å²) in [4.78, 5) is 30.5. The van der Waals surface area contributed by atoms with Gasteiger partial charge in [0.1, 0.15) is 11.9 Å². The van der Waals surface area contributed by atoms with E-state index >= 15 is 0 Å². The highest BCUT2D eigenvalue weighted by atomic mass is 16.5. The number of hydrogen-bond acceptors (Lipinski definition) is 4. The van der Waals surface area contributed by atoms with Gasteiger partial charge in [0.25, 0.3) is 11.5 Å². The van der Waals surface area contributed by atoms with Crippen LogP contribution in [0.2, 0.25) is 0 Å². The van der Waals surface area contributed by atoms with Gasteiger partial charge in [-0.1, -0.05) is 23.8 Å². The number of benzene rings is 2. The lowest BCUT2D eigenvalue weighted by atomic mass is 10.1. The number of aromatic amines is 1. The van der Waals surface area contributed by atoms with Crippen LogP contribution in [0.1, 0.15) is 29.5 Å². The molecule has 2 heterocycles. The summed E-state index contributed by atoms with van der Waals surface area (Å²) < 4.78 is 10.8. The lowest BCUT2D eigenvalue weighted by Gasteiger charge is -2.25. The summed E-state index contributed by atoms with van der Waals surface area (Å²) in [6.45, 7) is 3.24. The fourth-order valence-corrected chi connectivity index (χ4v) is 3.83. The first kappa shape index (κ1) is 20.2. The van der Waals surface area contributed by atoms with Crippen LogP contribution in [-0.4, -0.2) is 35.6 Å². The molecule has 1 amide bonds. The van der Waals surface area contributed by atoms with Crippen molar-refractivity contribution in [1.82, 2.24) is 9.88 Å². The van der Waals surface area contributed by atoms with E-state index in [4.69, 9.17) is 9.47 Å². The highest BCUT2D eigenvalue weighted by Gasteiger charge is 2.29. The van der Waals surface area contributed by atoms with Crippen LogP contribution < -0.4 is 10.3 Å². The van der Waals surface area contributed by atoms with Gasteiger partial charge in [-0.15, -0.1) is 0 Å². The maximum absolute atomic E-state index is 13.2. The number of methoxy groups -OCH3 is 1. The monoisotopic (exact) mass is 406 g/mol. The predicted molar refractivity (Wildman–Crippen MR) is 116 cm³/mol. The van der Waals surface area contributed by atoms with E-state index in [1.165, 1.54) is 0 Å². The number of amides is 1. The fraction of sp³-hybridized carbons (Fsp3) is 0.333. The minimum absolute atomic E-state index is 0.0768. The molecule has 1 atom stereocenters. The van der Waals surface area contributed by atoms with Gasteiger partial charge in [-0.05, 0) is 61.0 Å². The average Bonchev–Trinajstić information content (AvgIpc) is 3.29. The van der Waals surface area contributed by atoms with Crippen molar-refractivity contribution in [2.75, 3.05) is 13.7 Å². The van der Waals surface area contributed by atoms with E-state index in [1.807, 2.05) is 55.5 Å². The molecule has 4 rings (SSSR count). The van der Waals surface area contributed by atoms with Gasteiger partial charge in [0, 0.05) is 24.2 Å². The zero-order chi connectivity index (χ0) is 21.1. The van der Waals surface area contributed by atoms with Crippen molar-refractivity contribution in [3.63, 3.8) is 0 Å². The van der Waals surface area contributed by atoms with Crippen molar-refractivity contribution < 1.29 is 14.3 Å². The van der Waals surface area contributed by atoms with Gasteiger partial charge in [0.15, 0.2) is 0 Å². The molecule has 0 unspecified atom stereocenters. The molecule has 1 fully saturated rings. The Bertz CT molecular complexity index is 1100. The Morgan fingerprint density at radius 1 is 1.17 bits per heavy atom. The Hall–Kier alpha value is -3.12. The Labute approximate surface area is 175 Å². The zero-order valence-electron chi connectivity index (χ0n) is 17.3. The van der Waals surface area contributed by atoms with Crippen LogP contribution in [0.25, 0.3) is 10.9 Å². The third-order valence-corrected chi connectivity index (χ3v) is 5.49. The fourth-order valence-electron chi connectivity index (χ4n) is 3.83. The SMILES string of the molecule is COc1ccc(CN(Cc2cc3cc(C)ccc3[nH]c2=O)C(=O)[C@@H]2CCCO2)cc1. The third kappa shape index (κ3) is 4.39. The number of aryl methyl sites for hydroxylation is 1. The number of aromatic nitrogens is 1. The van der Waals surface area contributed by atoms with Gasteiger partial charge in [-0.2, -0.15) is 0 Å². The molecule has 1 saturated heterocycles. The van der Waals surface area contributed by atoms with Gasteiger partial charge in [0.2, 0.25) is 0 Å². The summed E-state index contributed by atoms with van der Waals surface area (Å²) in [6, 6.07) is 15.4. The maximum atomic E-state index is 13.2. The van der Waals surface area contributed by atoms with E-state index < -0.39 is 6.10 Å². The second-order valence-corrected chi connectivity index (χ2v) is 7.76. The highest BCUT2D eigenvalue weighted by Crippen LogP contribution is 2.20. The smallest absolute Gasteiger partial charge is 0.253 e. The van der Waals surface area contributed by atoms with Crippen LogP contribution in [0.5, 0.6) is 5.75 Å². The lowest BCUT2D eigenvalue weighted by molar-refractivity contribution is -0.142. The molecular weight excluding hydrogens is 380 g/mol. The minimum Gasteiger partial charge on any atom is -0.497 e. The Morgan fingerprint density at radius 3 is 2.67 bits per heavy atom. The predicted octanol–water partition coefficient (Wildman–Crippen LogP) is 3.55. The number of nitrogens with zero attached hydrogens (tertiary/aromatic N) is 1. The molecule has 156 valence electrons. The van der Waals surface area contributed by atoms with Crippen molar-refractivity contribution in [3.8, 4) is 5.75 Å². The number of pyridine rings is 1. The Kier molecular flexibility index (Phi) is 5.86. The molecule has 6 nitrogen and oxygen atoms in total. The Balaban J connectivity index is 1.64. The van der Waals surface area contributed by atoms with Crippen LogP contribution >= 0.6 is 0 Å². The first-order valence-corrected chi connectivity index (χ1v) is 10.2. The first-order valence-electron chi connectivity index (χ1n) is 10.2. The van der Waals surface area contributed by atoms with E-state index in [0.717, 1.165) is 34.2 Å². The molecule has 3 aromatic rings. The van der Waals surface area contributed by atoms with Gasteiger partial charge in [-0.3, -0.25) is 9.59 Å². The Morgan fingerprint density at radius 2 is 1.97 bits per heavy atom. The molecule has 0 spiro atoms. The molecule has 1 aliphatic rings. The second kappa shape index (κ2) is 8.71. The largest absolute Gasteiger partial charge is 0.497 e. The molecule has 1 aliphatic heterocycles. The summed E-state index contributed by atoms with van der Waals surface area (Å²) in [5.41, 5.74) is 3.27. The molecular formula is C24H26N2O4. The van der Waals surface area contributed by atoms with Crippen molar-refractivity contribution >= 4 is 16.8 Å². The van der Waals surface area contributed by atoms with Crippen LogP contribution in [0.15, 0.2) is 53.3 Å². The van der Waals surface area contributed by atoms with Crippen molar-refractivity contribution in [3.05, 3.63) is 75.6 Å². The summed E-state index contributed by atoms with van der Waals surface area (Å²) >= 11 is 0. The molecule has 0 saturated carbocycles. The summed E-state index contributed by atoms with van der Waals surface area (Å²) in [6.07, 6.45) is 1.15. The molecule has 0 bridgehead atoms. The van der Waals surface area contributed by atoms with Crippen molar-refractivity contribution in [2.24, 2.45) is 0 Å². The van der Waals surface area contributed by atoms with E-state index in [-0.39, 0.29) is 18.0 Å². The number of hydrogen-bond donors (Lipinski definition) is 1. The summed E-state index contributed by atoms with van der Waals surface area (Å²) in [5, 5.41) is 0.957. The molecule has 0 radical (unpaired) electrons. The molecule has 0 aliphatic carbocycles. The van der Waals surface area contributed by atoms with E-state index in [2.05, 4.69) is 4.98 Å². The molecule has 1 aromatic heterocycles. The standard InChI is InChI=1S/C24H26N2O4/c1-16-5-10-21-18(12-16)13-19(23(27)25-21)15-26(24(28)22-4-3-11-30-22)14-17-6-8-20(29-2)9-7-17/h5-10,12-13,22H,3-4,11,14-15H2,1-2H3,(H,25,27)/t22-/m0/s1. The number of carbonyl (C=O) groups is 1. The topological polar surface area (TPSA) is 71.6 Å². The molecule has 30 heavy (non-hydrogen) atoms. The van der Waals surface area contributed by atoms with Gasteiger partial charge >= 0.3 is 0 Å². The van der Waals surface area contributed by atoms with E-state index in [1.54, 1.807) is 12.0 Å². The van der Waals surface area contributed by atoms with Crippen molar-refractivity contribution in [2.45, 2.75) is 39.0 Å². The normalized spacial score (nSPS) is 16.0. The molecule has 1 N–H and O–H groups in total. The second-order valence-electron chi connectivity index (χ2n) is 7.76. The summed E-state index contributed by atoms with van der Waals surface area (Å²) in [5.74, 6) is 0.684. The highest BCUT2D eigenvalue weighted by molar-refractivity contribution is 5.82. The van der Waals surface area contributed by atoms with Crippen LogP contribution in [-0.2, 0) is 22.6 Å². The van der Waals surface area contributed by atoms with Gasteiger partial charge in [0.05, 0.1) is 13.7 Å².